The molecular weight excluding hydrogens is 314 g/mol. The lowest BCUT2D eigenvalue weighted by Crippen LogP contribution is -2.33. The number of ether oxygens (including phenoxy) is 1. The van der Waals surface area contributed by atoms with E-state index >= 15 is 0 Å². The number of nitrogens with one attached hydrogen (secondary N) is 3. The van der Waals surface area contributed by atoms with E-state index in [4.69, 9.17) is 0 Å². The van der Waals surface area contributed by atoms with Crippen LogP contribution < -0.4 is 11.0 Å². The van der Waals surface area contributed by atoms with Gasteiger partial charge in [-0.15, -0.1) is 0 Å². The highest BCUT2D eigenvalue weighted by Gasteiger charge is 2.12. The monoisotopic (exact) mass is 335 g/mol. The molecule has 1 aromatic carbocycles. The SMILES string of the molecule is COC(=O)C[C@@H](O)CNC(=O)CCCc1ccc2[nH]c(=O)[nH]c2c1. The molecule has 8 heteroatoms. The number of esters is 1. The number of aryl methyl sites for hydroxylation is 1. The minimum Gasteiger partial charge on any atom is -0.469 e. The molecule has 2 rings (SSSR count). The van der Waals surface area contributed by atoms with Gasteiger partial charge in [-0.05, 0) is 30.5 Å². The number of aromatic amines is 2. The summed E-state index contributed by atoms with van der Waals surface area (Å²) in [6.07, 6.45) is 0.549. The smallest absolute Gasteiger partial charge is 0.323 e. The summed E-state index contributed by atoms with van der Waals surface area (Å²) in [7, 11) is 1.24. The predicted octanol–water partition coefficient (Wildman–Crippen LogP) is 0.219. The van der Waals surface area contributed by atoms with E-state index in [0.717, 1.165) is 16.6 Å². The molecule has 2 aromatic rings. The number of benzene rings is 1. The largest absolute Gasteiger partial charge is 0.469 e. The Kier molecular flexibility index (Phi) is 6.14. The van der Waals surface area contributed by atoms with Gasteiger partial charge in [-0.25, -0.2) is 4.79 Å². The first kappa shape index (κ1) is 17.7. The normalized spacial score (nSPS) is 12.1. The molecule has 0 fully saturated rings. The summed E-state index contributed by atoms with van der Waals surface area (Å²) in [5.74, 6) is -0.704. The van der Waals surface area contributed by atoms with E-state index < -0.39 is 12.1 Å². The maximum Gasteiger partial charge on any atom is 0.323 e. The van der Waals surface area contributed by atoms with Crippen LogP contribution in [-0.2, 0) is 20.7 Å². The number of hydrogen-bond acceptors (Lipinski definition) is 5. The highest BCUT2D eigenvalue weighted by molar-refractivity contribution is 5.76. The summed E-state index contributed by atoms with van der Waals surface area (Å²) in [4.78, 5) is 39.3. The second-order valence-electron chi connectivity index (χ2n) is 5.55. The molecule has 8 nitrogen and oxygen atoms in total. The summed E-state index contributed by atoms with van der Waals surface area (Å²) in [6.45, 7) is 0.0183. The number of H-pyrrole nitrogens is 2. The van der Waals surface area contributed by atoms with E-state index in [1.54, 1.807) is 0 Å². The third-order valence-electron chi connectivity index (χ3n) is 3.61. The van der Waals surface area contributed by atoms with Crippen molar-refractivity contribution in [2.24, 2.45) is 0 Å². The number of methoxy groups -OCH3 is 1. The quantitative estimate of drug-likeness (QED) is 0.514. The first-order valence-corrected chi connectivity index (χ1v) is 7.70. The number of hydrogen-bond donors (Lipinski definition) is 4. The summed E-state index contributed by atoms with van der Waals surface area (Å²) in [5.41, 5.74) is 2.28. The Morgan fingerprint density at radius 3 is 2.79 bits per heavy atom. The van der Waals surface area contributed by atoms with Gasteiger partial charge in [-0.3, -0.25) is 9.59 Å². The van der Waals surface area contributed by atoms with Gasteiger partial charge in [0.25, 0.3) is 0 Å². The highest BCUT2D eigenvalue weighted by Crippen LogP contribution is 2.12. The number of rotatable bonds is 8. The molecule has 0 bridgehead atoms. The molecule has 0 saturated heterocycles. The average molecular weight is 335 g/mol. The standard InChI is InChI=1S/C16H21N3O5/c1-24-15(22)8-11(20)9-17-14(21)4-2-3-10-5-6-12-13(7-10)19-16(23)18-12/h5-7,11,20H,2-4,8-9H2,1H3,(H,17,21)(H2,18,19,23)/t11-/m1/s1. The number of carbonyl (C=O) groups excluding carboxylic acids is 2. The zero-order chi connectivity index (χ0) is 17.5. The molecule has 0 radical (unpaired) electrons. The fourth-order valence-corrected chi connectivity index (χ4v) is 2.36. The molecule has 4 N–H and O–H groups in total. The summed E-state index contributed by atoms with van der Waals surface area (Å²) in [6, 6.07) is 5.61. The molecule has 0 spiro atoms. The van der Waals surface area contributed by atoms with Gasteiger partial charge in [0, 0.05) is 13.0 Å². The Hall–Kier alpha value is -2.61. The van der Waals surface area contributed by atoms with E-state index in [2.05, 4.69) is 20.0 Å². The molecule has 0 aliphatic carbocycles. The topological polar surface area (TPSA) is 124 Å². The van der Waals surface area contributed by atoms with Crippen molar-refractivity contribution >= 4 is 22.9 Å². The van der Waals surface area contributed by atoms with Gasteiger partial charge in [0.05, 0.1) is 30.7 Å². The number of aliphatic hydroxyl groups is 1. The van der Waals surface area contributed by atoms with Crippen LogP contribution in [0.1, 0.15) is 24.8 Å². The zero-order valence-corrected chi connectivity index (χ0v) is 13.4. The maximum atomic E-state index is 11.7. The van der Waals surface area contributed by atoms with E-state index in [0.29, 0.717) is 19.3 Å². The summed E-state index contributed by atoms with van der Waals surface area (Å²) in [5, 5.41) is 12.1. The number of fused-ring (bicyclic) bond motifs is 1. The Bertz CT molecular complexity index is 764. The van der Waals surface area contributed by atoms with Crippen LogP contribution in [0, 0.1) is 0 Å². The number of imidazole rings is 1. The van der Waals surface area contributed by atoms with E-state index in [9.17, 15) is 19.5 Å². The van der Waals surface area contributed by atoms with Crippen LogP contribution in [0.3, 0.4) is 0 Å². The molecule has 0 saturated carbocycles. The van der Waals surface area contributed by atoms with Crippen molar-refractivity contribution in [1.82, 2.24) is 15.3 Å². The van der Waals surface area contributed by atoms with Crippen LogP contribution in [0.25, 0.3) is 11.0 Å². The van der Waals surface area contributed by atoms with Crippen LogP contribution in [-0.4, -0.2) is 46.7 Å². The van der Waals surface area contributed by atoms with Gasteiger partial charge in [-0.2, -0.15) is 0 Å². The Balaban J connectivity index is 1.71. The van der Waals surface area contributed by atoms with Crippen molar-refractivity contribution in [2.75, 3.05) is 13.7 Å². The van der Waals surface area contributed by atoms with Crippen molar-refractivity contribution in [1.29, 1.82) is 0 Å². The van der Waals surface area contributed by atoms with Crippen LogP contribution in [0.2, 0.25) is 0 Å². The number of aliphatic hydroxyl groups excluding tert-OH is 1. The Morgan fingerprint density at radius 1 is 1.29 bits per heavy atom. The predicted molar refractivity (Wildman–Crippen MR) is 87.5 cm³/mol. The Morgan fingerprint density at radius 2 is 2.04 bits per heavy atom. The van der Waals surface area contributed by atoms with E-state index in [1.165, 1.54) is 7.11 Å². The molecule has 0 aliphatic rings. The molecule has 1 amide bonds. The number of amides is 1. The fraction of sp³-hybridized carbons (Fsp3) is 0.438. The molecule has 0 aliphatic heterocycles. The highest BCUT2D eigenvalue weighted by atomic mass is 16.5. The van der Waals surface area contributed by atoms with Crippen molar-refractivity contribution in [3.05, 3.63) is 34.2 Å². The molecule has 24 heavy (non-hydrogen) atoms. The molecule has 0 unspecified atom stereocenters. The van der Waals surface area contributed by atoms with Crippen molar-refractivity contribution < 1.29 is 19.4 Å². The second-order valence-corrected chi connectivity index (χ2v) is 5.55. The second kappa shape index (κ2) is 8.30. The number of carbonyl (C=O) groups is 2. The van der Waals surface area contributed by atoms with Crippen LogP contribution >= 0.6 is 0 Å². The Labute approximate surface area is 138 Å². The van der Waals surface area contributed by atoms with Gasteiger partial charge in [0.15, 0.2) is 0 Å². The minimum absolute atomic E-state index is 0.0183. The summed E-state index contributed by atoms with van der Waals surface area (Å²) < 4.78 is 4.44. The third kappa shape index (κ3) is 5.24. The molecule has 1 aromatic heterocycles. The van der Waals surface area contributed by atoms with Gasteiger partial charge in [-0.1, -0.05) is 6.07 Å². The van der Waals surface area contributed by atoms with Gasteiger partial charge in [0.2, 0.25) is 5.91 Å². The van der Waals surface area contributed by atoms with Gasteiger partial charge in [0.1, 0.15) is 0 Å². The molecule has 130 valence electrons. The minimum atomic E-state index is -0.950. The lowest BCUT2D eigenvalue weighted by molar-refractivity contribution is -0.143. The van der Waals surface area contributed by atoms with Crippen molar-refractivity contribution in [3.8, 4) is 0 Å². The third-order valence-corrected chi connectivity index (χ3v) is 3.61. The molecule has 1 heterocycles. The zero-order valence-electron chi connectivity index (χ0n) is 13.4. The van der Waals surface area contributed by atoms with Crippen LogP contribution in [0.4, 0.5) is 0 Å². The van der Waals surface area contributed by atoms with Crippen molar-refractivity contribution in [2.45, 2.75) is 31.8 Å². The van der Waals surface area contributed by atoms with Gasteiger partial charge < -0.3 is 25.1 Å². The van der Waals surface area contributed by atoms with Gasteiger partial charge >= 0.3 is 11.7 Å². The van der Waals surface area contributed by atoms with Crippen LogP contribution in [0.5, 0.6) is 0 Å². The maximum absolute atomic E-state index is 11.7. The van der Waals surface area contributed by atoms with E-state index in [-0.39, 0.29) is 24.6 Å². The lowest BCUT2D eigenvalue weighted by Gasteiger charge is -2.10. The first-order valence-electron chi connectivity index (χ1n) is 7.70. The lowest BCUT2D eigenvalue weighted by atomic mass is 10.1. The summed E-state index contributed by atoms with van der Waals surface area (Å²) >= 11 is 0. The average Bonchev–Trinajstić information content (AvgIpc) is 2.92. The first-order chi connectivity index (χ1) is 11.5. The fourth-order valence-electron chi connectivity index (χ4n) is 2.36. The molecular formula is C16H21N3O5. The van der Waals surface area contributed by atoms with Crippen LogP contribution in [0.15, 0.2) is 23.0 Å². The number of aromatic nitrogens is 2. The van der Waals surface area contributed by atoms with E-state index in [1.807, 2.05) is 18.2 Å². The van der Waals surface area contributed by atoms with Crippen molar-refractivity contribution in [3.63, 3.8) is 0 Å². The molecule has 1 atom stereocenters.